The molecule has 0 radical (unpaired) electrons. The van der Waals surface area contributed by atoms with Crippen molar-refractivity contribution in [1.82, 2.24) is 19.9 Å². The van der Waals surface area contributed by atoms with Crippen molar-refractivity contribution in [2.75, 3.05) is 5.32 Å². The third-order valence-corrected chi connectivity index (χ3v) is 7.55. The Hall–Kier alpha value is -4.39. The molecule has 7 rings (SSSR count). The molecule has 4 heterocycles. The Balaban J connectivity index is 1.12. The zero-order chi connectivity index (χ0) is 24.3. The maximum absolute atomic E-state index is 13.0. The molecule has 7 heteroatoms. The number of hydrogen-bond acceptors (Lipinski definition) is 5. The van der Waals surface area contributed by atoms with Crippen LogP contribution in [0.1, 0.15) is 34.6 Å². The highest BCUT2D eigenvalue weighted by molar-refractivity contribution is 6.06. The topological polar surface area (TPSA) is 101 Å². The number of para-hydroxylation sites is 1. The number of carbonyl (C=O) groups excluding carboxylic acids is 1. The molecule has 1 aliphatic heterocycles. The summed E-state index contributed by atoms with van der Waals surface area (Å²) in [5.41, 5.74) is 5.38. The fourth-order valence-electron chi connectivity index (χ4n) is 5.77. The maximum atomic E-state index is 13.0. The van der Waals surface area contributed by atoms with Gasteiger partial charge in [0.05, 0.1) is 21.8 Å². The first-order chi connectivity index (χ1) is 17.6. The summed E-state index contributed by atoms with van der Waals surface area (Å²) in [7, 11) is 0. The van der Waals surface area contributed by atoms with E-state index < -0.39 is 5.41 Å². The molecule has 176 valence electrons. The molecule has 1 aliphatic carbocycles. The minimum atomic E-state index is -0.574. The van der Waals surface area contributed by atoms with E-state index >= 15 is 0 Å². The Kier molecular flexibility index (Phi) is 4.54. The van der Waals surface area contributed by atoms with Gasteiger partial charge in [0.15, 0.2) is 0 Å². The van der Waals surface area contributed by atoms with Crippen molar-refractivity contribution >= 4 is 33.5 Å². The van der Waals surface area contributed by atoms with E-state index in [1.54, 1.807) is 12.3 Å². The van der Waals surface area contributed by atoms with Crippen LogP contribution in [0.2, 0.25) is 0 Å². The van der Waals surface area contributed by atoms with Gasteiger partial charge in [-0.15, -0.1) is 0 Å². The summed E-state index contributed by atoms with van der Waals surface area (Å²) < 4.78 is 0. The number of pyridine rings is 2. The van der Waals surface area contributed by atoms with Crippen LogP contribution in [-0.2, 0) is 35.9 Å². The number of nitrogens with zero attached hydrogens (tertiary/aromatic N) is 3. The largest absolute Gasteiger partial charge is 0.310 e. The van der Waals surface area contributed by atoms with Crippen LogP contribution in [0.3, 0.4) is 0 Å². The molecular weight excluding hydrogens is 450 g/mol. The van der Waals surface area contributed by atoms with Gasteiger partial charge in [-0.05, 0) is 73.2 Å². The van der Waals surface area contributed by atoms with E-state index in [1.807, 2.05) is 30.3 Å². The average molecular weight is 474 g/mol. The van der Waals surface area contributed by atoms with Gasteiger partial charge in [0, 0.05) is 29.3 Å². The van der Waals surface area contributed by atoms with Crippen LogP contribution in [-0.4, -0.2) is 25.8 Å². The monoisotopic (exact) mass is 473 g/mol. The first-order valence-electron chi connectivity index (χ1n) is 12.3. The molecule has 3 aromatic heterocycles. The smallest absolute Gasteiger partial charge is 0.258 e. The quantitative estimate of drug-likeness (QED) is 0.411. The van der Waals surface area contributed by atoms with Gasteiger partial charge >= 0.3 is 0 Å². The van der Waals surface area contributed by atoms with E-state index in [2.05, 4.69) is 44.5 Å². The minimum absolute atomic E-state index is 0.0328. The molecule has 0 fully saturated rings. The summed E-state index contributed by atoms with van der Waals surface area (Å²) in [6, 6.07) is 19.8. The first-order valence-corrected chi connectivity index (χ1v) is 12.3. The van der Waals surface area contributed by atoms with E-state index in [4.69, 9.17) is 4.98 Å². The van der Waals surface area contributed by atoms with E-state index in [0.717, 1.165) is 40.5 Å². The van der Waals surface area contributed by atoms with E-state index in [1.165, 1.54) is 11.1 Å². The molecule has 1 unspecified atom stereocenters. The molecule has 5 aromatic rings. The number of hydrogen-bond donors (Lipinski definition) is 2. The fraction of sp³-hybridized carbons (Fsp3) is 0.207. The number of aromatic nitrogens is 4. The predicted molar refractivity (Wildman–Crippen MR) is 138 cm³/mol. The predicted octanol–water partition coefficient (Wildman–Crippen LogP) is 4.03. The van der Waals surface area contributed by atoms with Crippen LogP contribution in [0.25, 0.3) is 21.8 Å². The van der Waals surface area contributed by atoms with Gasteiger partial charge in [-0.3, -0.25) is 14.6 Å². The molecule has 1 spiro atoms. The normalized spacial score (nSPS) is 18.1. The second-order valence-corrected chi connectivity index (χ2v) is 9.79. The van der Waals surface area contributed by atoms with Crippen LogP contribution in [0.5, 0.6) is 0 Å². The molecule has 2 aliphatic rings. The van der Waals surface area contributed by atoms with Crippen LogP contribution in [0.15, 0.2) is 71.7 Å². The minimum Gasteiger partial charge on any atom is -0.310 e. The Bertz CT molecular complexity index is 1760. The maximum Gasteiger partial charge on any atom is 0.258 e. The van der Waals surface area contributed by atoms with Gasteiger partial charge in [0.25, 0.3) is 5.56 Å². The number of anilines is 1. The second-order valence-electron chi connectivity index (χ2n) is 9.79. The Labute approximate surface area is 206 Å². The molecule has 0 saturated carbocycles. The molecule has 7 nitrogen and oxygen atoms in total. The number of carbonyl (C=O) groups is 1. The zero-order valence-electron chi connectivity index (χ0n) is 19.5. The Morgan fingerprint density at radius 1 is 0.861 bits per heavy atom. The zero-order valence-corrected chi connectivity index (χ0v) is 19.5. The third-order valence-electron chi connectivity index (χ3n) is 7.55. The highest BCUT2D eigenvalue weighted by Crippen LogP contribution is 2.47. The SMILES string of the molecule is O=C1Nc2ncccc2C12Cc1cc3ccc(CCCc4nc5ccccc5c(=O)[nH]4)nc3cc1C2. The number of aromatic amines is 1. The molecule has 0 saturated heterocycles. The van der Waals surface area contributed by atoms with Crippen LogP contribution in [0.4, 0.5) is 5.82 Å². The van der Waals surface area contributed by atoms with Gasteiger partial charge in [0.2, 0.25) is 5.91 Å². The summed E-state index contributed by atoms with van der Waals surface area (Å²) in [4.78, 5) is 42.1. The standard InChI is InChI=1S/C29H23N5O2/c35-27-21-6-1-2-8-23(21)32-25(33-27)9-3-5-20-11-10-17-13-18-15-29(16-19(18)14-24(17)31-20)22-7-4-12-30-26(22)34-28(29)36/h1-2,4,6-8,10-14H,3,5,9,15-16H2,(H,30,34,36)(H,32,33,35). The molecule has 0 bridgehead atoms. The lowest BCUT2D eigenvalue weighted by atomic mass is 9.79. The molecule has 1 atom stereocenters. The lowest BCUT2D eigenvalue weighted by Gasteiger charge is -2.20. The van der Waals surface area contributed by atoms with Crippen molar-refractivity contribution < 1.29 is 4.79 Å². The summed E-state index contributed by atoms with van der Waals surface area (Å²) in [6.45, 7) is 0. The second kappa shape index (κ2) is 7.81. The first kappa shape index (κ1) is 20.9. The fourth-order valence-corrected chi connectivity index (χ4v) is 5.77. The van der Waals surface area contributed by atoms with Gasteiger partial charge in [-0.2, -0.15) is 0 Å². The highest BCUT2D eigenvalue weighted by atomic mass is 16.2. The number of nitrogens with one attached hydrogen (secondary N) is 2. The summed E-state index contributed by atoms with van der Waals surface area (Å²) >= 11 is 0. The number of H-pyrrole nitrogens is 1. The van der Waals surface area contributed by atoms with Crippen LogP contribution in [0, 0.1) is 0 Å². The number of amides is 1. The number of aryl methyl sites for hydroxylation is 2. The van der Waals surface area contributed by atoms with Crippen molar-refractivity contribution in [2.45, 2.75) is 37.5 Å². The van der Waals surface area contributed by atoms with Crippen LogP contribution < -0.4 is 10.9 Å². The molecule has 2 N–H and O–H groups in total. The van der Waals surface area contributed by atoms with E-state index in [0.29, 0.717) is 36.3 Å². The highest BCUT2D eigenvalue weighted by Gasteiger charge is 2.51. The van der Waals surface area contributed by atoms with Crippen molar-refractivity contribution in [3.63, 3.8) is 0 Å². The summed E-state index contributed by atoms with van der Waals surface area (Å²) in [5.74, 6) is 1.42. The molecule has 2 aromatic carbocycles. The molecule has 36 heavy (non-hydrogen) atoms. The Morgan fingerprint density at radius 3 is 2.64 bits per heavy atom. The molecule has 1 amide bonds. The number of fused-ring (bicyclic) bond motifs is 5. The summed E-state index contributed by atoms with van der Waals surface area (Å²) in [6.07, 6.45) is 5.35. The third kappa shape index (κ3) is 3.23. The van der Waals surface area contributed by atoms with Crippen molar-refractivity contribution in [3.05, 3.63) is 105 Å². The van der Waals surface area contributed by atoms with Crippen molar-refractivity contribution in [1.29, 1.82) is 0 Å². The van der Waals surface area contributed by atoms with Crippen LogP contribution >= 0.6 is 0 Å². The summed E-state index contributed by atoms with van der Waals surface area (Å²) in [5, 5.41) is 4.67. The van der Waals surface area contributed by atoms with Gasteiger partial charge in [-0.1, -0.05) is 24.3 Å². The number of rotatable bonds is 4. The van der Waals surface area contributed by atoms with E-state index in [9.17, 15) is 9.59 Å². The van der Waals surface area contributed by atoms with Gasteiger partial charge in [-0.25, -0.2) is 9.97 Å². The van der Waals surface area contributed by atoms with Gasteiger partial charge in [0.1, 0.15) is 11.6 Å². The number of benzene rings is 2. The van der Waals surface area contributed by atoms with Gasteiger partial charge < -0.3 is 10.3 Å². The van der Waals surface area contributed by atoms with Crippen molar-refractivity contribution in [3.8, 4) is 0 Å². The Morgan fingerprint density at radius 2 is 1.72 bits per heavy atom. The molecular formula is C29H23N5O2. The average Bonchev–Trinajstić information content (AvgIpc) is 3.39. The van der Waals surface area contributed by atoms with E-state index in [-0.39, 0.29) is 11.5 Å². The lowest BCUT2D eigenvalue weighted by Crippen LogP contribution is -2.35. The lowest BCUT2D eigenvalue weighted by molar-refractivity contribution is -0.120. The van der Waals surface area contributed by atoms with Crippen molar-refractivity contribution in [2.24, 2.45) is 0 Å².